The van der Waals surface area contributed by atoms with Crippen LogP contribution in [0.3, 0.4) is 0 Å². The lowest BCUT2D eigenvalue weighted by atomic mass is 11.5. The van der Waals surface area contributed by atoms with E-state index in [0.717, 1.165) is 0 Å². The van der Waals surface area contributed by atoms with Crippen molar-refractivity contribution in [1.82, 2.24) is 0 Å². The second kappa shape index (κ2) is 3.27. The van der Waals surface area contributed by atoms with Gasteiger partial charge in [-0.1, -0.05) is 7.43 Å². The molecule has 0 spiro atoms. The summed E-state index contributed by atoms with van der Waals surface area (Å²) in [6.07, 6.45) is -2.33. The van der Waals surface area contributed by atoms with Gasteiger partial charge in [0.25, 0.3) is 0 Å². The minimum atomic E-state index is -2.33. The van der Waals surface area contributed by atoms with E-state index in [1.54, 1.807) is 0 Å². The summed E-state index contributed by atoms with van der Waals surface area (Å²) < 4.78 is 0. The van der Waals surface area contributed by atoms with E-state index in [2.05, 4.69) is 0 Å². The first-order valence-electron chi connectivity index (χ1n) is 0.612. The predicted octanol–water partition coefficient (Wildman–Crippen LogP) is -1.81. The van der Waals surface area contributed by atoms with Crippen LogP contribution in [-0.4, -0.2) is 6.16 Å². The van der Waals surface area contributed by atoms with Crippen molar-refractivity contribution >= 4 is 6.16 Å². The molecule has 0 aliphatic rings. The largest absolute Gasteiger partial charge is 0.652 e. The zero-order valence-electron chi connectivity index (χ0n) is 1.72. The predicted molar refractivity (Wildman–Crippen MR) is 12.1 cm³/mol. The van der Waals surface area contributed by atoms with Crippen molar-refractivity contribution < 1.29 is 15.0 Å². The maximum Gasteiger partial charge on any atom is -0.0431 e. The molecular formula is C2H4O3-2. The molecule has 0 N–H and O–H groups in total. The van der Waals surface area contributed by atoms with Crippen LogP contribution in [0.15, 0.2) is 0 Å². The molecule has 0 fully saturated rings. The van der Waals surface area contributed by atoms with Gasteiger partial charge in [0.05, 0.1) is 0 Å². The fourth-order valence-corrected chi connectivity index (χ4v) is 0. The molecule has 32 valence electrons. The van der Waals surface area contributed by atoms with E-state index in [9.17, 15) is 0 Å². The molecule has 0 saturated heterocycles. The van der Waals surface area contributed by atoms with Gasteiger partial charge in [-0.25, -0.2) is 0 Å². The molecule has 0 aromatic heterocycles. The van der Waals surface area contributed by atoms with Gasteiger partial charge in [-0.3, -0.25) is 0 Å². The zero-order valence-corrected chi connectivity index (χ0v) is 1.72. The summed E-state index contributed by atoms with van der Waals surface area (Å²) in [5, 5.41) is 16.7. The second-order valence-electron chi connectivity index (χ2n) is 0.250. The van der Waals surface area contributed by atoms with Crippen molar-refractivity contribution in [3.63, 3.8) is 0 Å². The van der Waals surface area contributed by atoms with E-state index in [-0.39, 0.29) is 7.43 Å². The molecule has 0 saturated carbocycles. The average molecular weight is 76.1 g/mol. The molecule has 0 heterocycles. The van der Waals surface area contributed by atoms with Crippen LogP contribution in [0, 0.1) is 0 Å². The van der Waals surface area contributed by atoms with Crippen molar-refractivity contribution in [3.05, 3.63) is 0 Å². The van der Waals surface area contributed by atoms with Gasteiger partial charge in [0, 0.05) is 0 Å². The van der Waals surface area contributed by atoms with Gasteiger partial charge in [-0.2, -0.15) is 0 Å². The monoisotopic (exact) mass is 76.0 g/mol. The van der Waals surface area contributed by atoms with Crippen molar-refractivity contribution in [2.24, 2.45) is 0 Å². The first-order chi connectivity index (χ1) is 1.73. The molecule has 0 aliphatic carbocycles. The van der Waals surface area contributed by atoms with Crippen LogP contribution in [0.5, 0.6) is 0 Å². The van der Waals surface area contributed by atoms with Gasteiger partial charge in [0.2, 0.25) is 0 Å². The third kappa shape index (κ3) is 9.90. The summed E-state index contributed by atoms with van der Waals surface area (Å²) in [7, 11) is 0. The third-order valence-electron chi connectivity index (χ3n) is 0. The van der Waals surface area contributed by atoms with E-state index in [1.807, 2.05) is 0 Å². The Bertz CT molecular complexity index is 27.9. The van der Waals surface area contributed by atoms with E-state index < -0.39 is 6.16 Å². The number of hydrogen-bond donors (Lipinski definition) is 0. The van der Waals surface area contributed by atoms with Crippen molar-refractivity contribution in [2.45, 2.75) is 7.43 Å². The molecule has 3 nitrogen and oxygen atoms in total. The molecule has 3 heteroatoms. The van der Waals surface area contributed by atoms with Crippen LogP contribution < -0.4 is 10.2 Å². The Kier molecular flexibility index (Phi) is 5.79. The van der Waals surface area contributed by atoms with E-state index in [0.29, 0.717) is 0 Å². The summed E-state index contributed by atoms with van der Waals surface area (Å²) in [6.45, 7) is 0. The minimum absolute atomic E-state index is 0. The SMILES string of the molecule is C.O=C([O-])[O-]. The summed E-state index contributed by atoms with van der Waals surface area (Å²) in [5.41, 5.74) is 0. The number of hydrogen-bond acceptors (Lipinski definition) is 3. The fraction of sp³-hybridized carbons (Fsp3) is 0.500. The van der Waals surface area contributed by atoms with Gasteiger partial charge in [-0.15, -0.1) is 0 Å². The van der Waals surface area contributed by atoms with E-state index >= 15 is 0 Å². The Morgan fingerprint density at radius 2 is 1.40 bits per heavy atom. The molecular weight excluding hydrogens is 72.0 g/mol. The zero-order chi connectivity index (χ0) is 3.58. The normalized spacial score (nSPS) is 4.80. The van der Waals surface area contributed by atoms with Crippen LogP contribution in [0.4, 0.5) is 4.79 Å². The highest BCUT2D eigenvalue weighted by Gasteiger charge is 1.26. The number of carbonyl (C=O) groups excluding carboxylic acids is 1. The summed E-state index contributed by atoms with van der Waals surface area (Å²) in [5.74, 6) is 0. The highest BCUT2D eigenvalue weighted by atomic mass is 16.6. The molecule has 0 aromatic carbocycles. The third-order valence-corrected chi connectivity index (χ3v) is 0. The van der Waals surface area contributed by atoms with Crippen molar-refractivity contribution in [2.75, 3.05) is 0 Å². The van der Waals surface area contributed by atoms with E-state index in [1.165, 1.54) is 0 Å². The Morgan fingerprint density at radius 1 is 1.40 bits per heavy atom. The van der Waals surface area contributed by atoms with E-state index in [4.69, 9.17) is 15.0 Å². The van der Waals surface area contributed by atoms with Crippen LogP contribution >= 0.6 is 0 Å². The Labute approximate surface area is 29.9 Å². The second-order valence-corrected chi connectivity index (χ2v) is 0.250. The van der Waals surface area contributed by atoms with Crippen LogP contribution in [-0.2, 0) is 0 Å². The lowest BCUT2D eigenvalue weighted by molar-refractivity contribution is -0.415. The van der Waals surface area contributed by atoms with Crippen LogP contribution in [0.25, 0.3) is 0 Å². The van der Waals surface area contributed by atoms with Gasteiger partial charge in [0.15, 0.2) is 0 Å². The molecule has 0 atom stereocenters. The van der Waals surface area contributed by atoms with Gasteiger partial charge < -0.3 is 15.0 Å². The maximum absolute atomic E-state index is 8.33. The van der Waals surface area contributed by atoms with Gasteiger partial charge in [-0.05, 0) is 6.16 Å². The molecule has 0 bridgehead atoms. The summed E-state index contributed by atoms with van der Waals surface area (Å²) >= 11 is 0. The highest BCUT2D eigenvalue weighted by molar-refractivity contribution is 5.47. The first kappa shape index (κ1) is 8.86. The van der Waals surface area contributed by atoms with Gasteiger partial charge in [0.1, 0.15) is 0 Å². The standard InChI is InChI=1S/CH2O3.CH4/c2-1(3)4;/h(H2,2,3,4);1H4/p-2. The minimum Gasteiger partial charge on any atom is -0.652 e. The molecule has 0 amide bonds. The van der Waals surface area contributed by atoms with Crippen molar-refractivity contribution in [3.8, 4) is 0 Å². The lowest BCUT2D eigenvalue weighted by Crippen LogP contribution is -2.37. The number of carboxylic acid groups (broad SMARTS) is 2. The molecule has 5 heavy (non-hydrogen) atoms. The maximum atomic E-state index is 8.33. The quantitative estimate of drug-likeness (QED) is 0.341. The highest BCUT2D eigenvalue weighted by Crippen LogP contribution is 1.21. The summed E-state index contributed by atoms with van der Waals surface area (Å²) in [4.78, 5) is 8.33. The Hall–Kier alpha value is -0.730. The van der Waals surface area contributed by atoms with Crippen molar-refractivity contribution in [1.29, 1.82) is 0 Å². The van der Waals surface area contributed by atoms with Crippen LogP contribution in [0.1, 0.15) is 7.43 Å². The summed E-state index contributed by atoms with van der Waals surface area (Å²) in [6, 6.07) is 0. The molecule has 0 aliphatic heterocycles. The van der Waals surface area contributed by atoms with Gasteiger partial charge >= 0.3 is 0 Å². The first-order valence-corrected chi connectivity index (χ1v) is 0.612. The topological polar surface area (TPSA) is 63.2 Å². The molecule has 0 aromatic rings. The average Bonchev–Trinajstić information content (AvgIpc) is 0.811. The molecule has 0 radical (unpaired) electrons. The number of carbonyl (C=O) groups is 1. The molecule has 0 rings (SSSR count). The molecule has 0 unspecified atom stereocenters. The Morgan fingerprint density at radius 3 is 1.40 bits per heavy atom. The smallest absolute Gasteiger partial charge is 0.0431 e. The fourth-order valence-electron chi connectivity index (χ4n) is 0. The van der Waals surface area contributed by atoms with Crippen LogP contribution in [0.2, 0.25) is 0 Å². The Balaban J connectivity index is 0. The lowest BCUT2D eigenvalue weighted by Gasteiger charge is -1.96. The number of rotatable bonds is 0.